The molecule has 1 amide bonds. The van der Waals surface area contributed by atoms with Gasteiger partial charge in [-0.25, -0.2) is 8.42 Å². The van der Waals surface area contributed by atoms with E-state index in [4.69, 9.17) is 27.0 Å². The zero-order valence-electron chi connectivity index (χ0n) is 11.7. The van der Waals surface area contributed by atoms with Crippen LogP contribution in [0.1, 0.15) is 26.7 Å². The summed E-state index contributed by atoms with van der Waals surface area (Å²) in [6, 6.07) is 4.03. The van der Waals surface area contributed by atoms with Crippen molar-refractivity contribution in [2.75, 3.05) is 6.61 Å². The third kappa shape index (κ3) is 6.11. The van der Waals surface area contributed by atoms with Crippen molar-refractivity contribution in [3.63, 3.8) is 0 Å². The number of benzene rings is 1. The van der Waals surface area contributed by atoms with E-state index < -0.39 is 9.05 Å². The molecule has 0 aromatic heterocycles. The maximum absolute atomic E-state index is 11.7. The van der Waals surface area contributed by atoms with Gasteiger partial charge in [-0.05, 0) is 31.5 Å². The number of carbonyl (C=O) groups excluding carboxylic acids is 1. The molecule has 0 aliphatic carbocycles. The quantitative estimate of drug-likeness (QED) is 0.764. The average Bonchev–Trinajstić information content (AvgIpc) is 2.36. The second-order valence-electron chi connectivity index (χ2n) is 4.57. The summed E-state index contributed by atoms with van der Waals surface area (Å²) in [5.41, 5.74) is 0. The van der Waals surface area contributed by atoms with Crippen molar-refractivity contribution in [1.82, 2.24) is 5.32 Å². The molecule has 118 valence electrons. The summed E-state index contributed by atoms with van der Waals surface area (Å²) in [4.78, 5) is 11.4. The third-order valence-corrected chi connectivity index (χ3v) is 4.23. The van der Waals surface area contributed by atoms with Crippen LogP contribution in [-0.4, -0.2) is 27.0 Å². The fourth-order valence-electron chi connectivity index (χ4n) is 1.76. The number of hydrogen-bond donors (Lipinski definition) is 1. The molecule has 1 rings (SSSR count). The maximum Gasteiger partial charge on any atom is 0.265 e. The molecule has 1 unspecified atom stereocenters. The largest absolute Gasteiger partial charge is 0.482 e. The van der Waals surface area contributed by atoms with Gasteiger partial charge >= 0.3 is 0 Å². The summed E-state index contributed by atoms with van der Waals surface area (Å²) in [6.07, 6.45) is 1.81. The van der Waals surface area contributed by atoms with Gasteiger partial charge in [0.05, 0.1) is 0 Å². The van der Waals surface area contributed by atoms with E-state index in [0.717, 1.165) is 12.8 Å². The monoisotopic (exact) mass is 353 g/mol. The zero-order chi connectivity index (χ0) is 16.0. The second kappa shape index (κ2) is 7.87. The molecule has 0 spiro atoms. The molecule has 8 heteroatoms. The highest BCUT2D eigenvalue weighted by atomic mass is 35.7. The van der Waals surface area contributed by atoms with E-state index in [1.807, 2.05) is 13.8 Å². The van der Waals surface area contributed by atoms with Crippen molar-refractivity contribution in [2.24, 2.45) is 0 Å². The fourth-order valence-corrected chi connectivity index (χ4v) is 2.99. The van der Waals surface area contributed by atoms with Gasteiger partial charge < -0.3 is 10.1 Å². The molecule has 0 heterocycles. The number of nitrogens with one attached hydrogen (secondary N) is 1. The highest BCUT2D eigenvalue weighted by Gasteiger charge is 2.18. The number of ether oxygens (including phenoxy) is 1. The van der Waals surface area contributed by atoms with Crippen molar-refractivity contribution >= 4 is 37.2 Å². The molecule has 0 bridgehead atoms. The Kier molecular flexibility index (Phi) is 6.77. The van der Waals surface area contributed by atoms with Gasteiger partial charge in [0, 0.05) is 21.7 Å². The normalized spacial score (nSPS) is 12.8. The SMILES string of the molecule is CCCC(C)NC(=O)COc1ccc(Cl)cc1S(=O)(=O)Cl. The molecule has 1 atom stereocenters. The Morgan fingerprint density at radius 3 is 2.67 bits per heavy atom. The van der Waals surface area contributed by atoms with E-state index in [-0.39, 0.29) is 34.2 Å². The van der Waals surface area contributed by atoms with E-state index in [1.54, 1.807) is 0 Å². The molecule has 21 heavy (non-hydrogen) atoms. The van der Waals surface area contributed by atoms with Gasteiger partial charge in [0.1, 0.15) is 10.6 Å². The number of hydrogen-bond acceptors (Lipinski definition) is 4. The standard InChI is InChI=1S/C13H17Cl2NO4S/c1-3-4-9(2)16-13(17)8-20-11-6-5-10(14)7-12(11)21(15,18)19/h5-7,9H,3-4,8H2,1-2H3,(H,16,17). The minimum absolute atomic E-state index is 0.00676. The predicted octanol–water partition coefficient (Wildman–Crippen LogP) is 2.95. The Morgan fingerprint density at radius 2 is 2.10 bits per heavy atom. The van der Waals surface area contributed by atoms with Crippen LogP contribution in [0.15, 0.2) is 23.1 Å². The smallest absolute Gasteiger partial charge is 0.265 e. The minimum Gasteiger partial charge on any atom is -0.482 e. The van der Waals surface area contributed by atoms with Crippen molar-refractivity contribution in [2.45, 2.75) is 37.6 Å². The van der Waals surface area contributed by atoms with Crippen LogP contribution in [0.4, 0.5) is 0 Å². The zero-order valence-corrected chi connectivity index (χ0v) is 14.1. The van der Waals surface area contributed by atoms with Gasteiger partial charge in [-0.3, -0.25) is 4.79 Å². The molecule has 1 N–H and O–H groups in total. The lowest BCUT2D eigenvalue weighted by Crippen LogP contribution is -2.36. The molecule has 0 fully saturated rings. The van der Waals surface area contributed by atoms with E-state index in [2.05, 4.69) is 5.32 Å². The van der Waals surface area contributed by atoms with E-state index >= 15 is 0 Å². The molecule has 1 aromatic carbocycles. The van der Waals surface area contributed by atoms with Crippen LogP contribution < -0.4 is 10.1 Å². The van der Waals surface area contributed by atoms with Crippen molar-refractivity contribution in [3.05, 3.63) is 23.2 Å². The van der Waals surface area contributed by atoms with E-state index in [0.29, 0.717) is 0 Å². The van der Waals surface area contributed by atoms with Crippen molar-refractivity contribution < 1.29 is 17.9 Å². The van der Waals surface area contributed by atoms with Gasteiger partial charge in [0.2, 0.25) is 0 Å². The predicted molar refractivity (Wildman–Crippen MR) is 82.5 cm³/mol. The highest BCUT2D eigenvalue weighted by Crippen LogP contribution is 2.29. The first-order valence-corrected chi connectivity index (χ1v) is 9.09. The van der Waals surface area contributed by atoms with Crippen LogP contribution >= 0.6 is 22.3 Å². The number of halogens is 2. The second-order valence-corrected chi connectivity index (χ2v) is 7.55. The van der Waals surface area contributed by atoms with E-state index in [1.165, 1.54) is 18.2 Å². The molecule has 0 saturated heterocycles. The average molecular weight is 354 g/mol. The Hall–Kier alpha value is -0.980. The van der Waals surface area contributed by atoms with Crippen LogP contribution in [-0.2, 0) is 13.8 Å². The summed E-state index contributed by atoms with van der Waals surface area (Å²) in [5, 5.41) is 2.96. The highest BCUT2D eigenvalue weighted by molar-refractivity contribution is 8.13. The van der Waals surface area contributed by atoms with Crippen LogP contribution in [0.3, 0.4) is 0 Å². The lowest BCUT2D eigenvalue weighted by Gasteiger charge is -2.14. The summed E-state index contributed by atoms with van der Waals surface area (Å²) < 4.78 is 28.1. The van der Waals surface area contributed by atoms with Crippen molar-refractivity contribution in [3.8, 4) is 5.75 Å². The molecule has 0 radical (unpaired) electrons. The first-order valence-electron chi connectivity index (χ1n) is 6.40. The maximum atomic E-state index is 11.7. The molecular weight excluding hydrogens is 337 g/mol. The van der Waals surface area contributed by atoms with Gasteiger partial charge in [-0.2, -0.15) is 0 Å². The molecule has 1 aromatic rings. The summed E-state index contributed by atoms with van der Waals surface area (Å²) in [6.45, 7) is 3.61. The Balaban J connectivity index is 2.74. The first kappa shape index (κ1) is 18.1. The molecule has 0 saturated carbocycles. The van der Waals surface area contributed by atoms with Gasteiger partial charge in [0.25, 0.3) is 15.0 Å². The summed E-state index contributed by atoms with van der Waals surface area (Å²) in [7, 11) is 1.31. The Labute approximate surface area is 134 Å². The molecule has 5 nitrogen and oxygen atoms in total. The minimum atomic E-state index is -4.00. The number of amides is 1. The number of rotatable bonds is 7. The fraction of sp³-hybridized carbons (Fsp3) is 0.462. The number of carbonyl (C=O) groups is 1. The van der Waals surface area contributed by atoms with Gasteiger partial charge in [-0.1, -0.05) is 24.9 Å². The van der Waals surface area contributed by atoms with Crippen LogP contribution in [0, 0.1) is 0 Å². The lowest BCUT2D eigenvalue weighted by atomic mass is 10.2. The third-order valence-electron chi connectivity index (χ3n) is 2.66. The molecular formula is C13H17Cl2NO4S. The molecule has 0 aliphatic rings. The van der Waals surface area contributed by atoms with Crippen LogP contribution in [0.25, 0.3) is 0 Å². The van der Waals surface area contributed by atoms with Crippen LogP contribution in [0.2, 0.25) is 5.02 Å². The molecule has 0 aliphatic heterocycles. The topological polar surface area (TPSA) is 72.5 Å². The summed E-state index contributed by atoms with van der Waals surface area (Å²) in [5.74, 6) is -0.337. The van der Waals surface area contributed by atoms with Gasteiger partial charge in [-0.15, -0.1) is 0 Å². The first-order chi connectivity index (χ1) is 9.74. The van der Waals surface area contributed by atoms with Gasteiger partial charge in [0.15, 0.2) is 6.61 Å². The Bertz CT molecular complexity index is 604. The summed E-state index contributed by atoms with van der Waals surface area (Å²) >= 11 is 5.73. The van der Waals surface area contributed by atoms with Crippen molar-refractivity contribution in [1.29, 1.82) is 0 Å². The lowest BCUT2D eigenvalue weighted by molar-refractivity contribution is -0.123. The van der Waals surface area contributed by atoms with Crippen LogP contribution in [0.5, 0.6) is 5.75 Å². The Morgan fingerprint density at radius 1 is 1.43 bits per heavy atom. The van der Waals surface area contributed by atoms with E-state index in [9.17, 15) is 13.2 Å².